The molecule has 0 aliphatic rings. The molecule has 0 saturated heterocycles. The number of hydrogen-bond acceptors (Lipinski definition) is 33. The largest absolute Gasteiger partial charge is 0.500 e. The van der Waals surface area contributed by atoms with Crippen LogP contribution in [0.3, 0.4) is 0 Å². The van der Waals surface area contributed by atoms with Crippen molar-refractivity contribution in [1.82, 2.24) is 44.9 Å². The molecular weight excluding hydrogens is 1350 g/mol. The highest BCUT2D eigenvalue weighted by Gasteiger charge is 2.48. The Morgan fingerprint density at radius 2 is 0.510 bits per heavy atom. The third-order valence-electron chi connectivity index (χ3n) is 10.0. The van der Waals surface area contributed by atoms with Crippen molar-refractivity contribution < 1.29 is 58.3 Å². The van der Waals surface area contributed by atoms with Crippen LogP contribution in [0.2, 0.25) is 48.6 Å². The van der Waals surface area contributed by atoms with Crippen LogP contribution in [0.25, 0.3) is 0 Å². The molecule has 0 aromatic carbocycles. The van der Waals surface area contributed by atoms with E-state index >= 15 is 0 Å². The van der Waals surface area contributed by atoms with Gasteiger partial charge in [0.25, 0.3) is 0 Å². The maximum atomic E-state index is 7.00. The summed E-state index contributed by atoms with van der Waals surface area (Å²) in [6.07, 6.45) is 3.97. The fourth-order valence-electron chi connectivity index (χ4n) is 5.98. The van der Waals surface area contributed by atoms with Crippen LogP contribution in [-0.4, -0.2) is 210 Å². The topological polar surface area (TPSA) is 516 Å². The number of nitrogens with zero attached hydrogens (tertiary/aromatic N) is 9. The molecule has 0 spiro atoms. The van der Waals surface area contributed by atoms with Crippen LogP contribution in [0, 0.1) is 0 Å². The third-order valence-corrected chi connectivity index (χ3v) is 27.6. The Morgan fingerprint density at radius 3 is 0.729 bits per heavy atom. The SMILES string of the molecule is CC.CC.CC.CC.CC.CC.CC.CC.CC.CC.CO.CO.CO[Si](C)(CCCN)O[Si](CCCN)(OC)OC.CO[Si](C)(CCCNc1nc(N)nc(N)n1)O[Si](CCCNc1nc(N)nc(N)n1)(OC)OC.CO[Si](CCCN)(OC)OC.Nc1nc(N)nc(Cl)n1. The molecule has 33 nitrogen and oxygen atoms in total. The Bertz CT molecular complexity index is 1850. The number of nitrogens with two attached hydrogens (primary N) is 9. The van der Waals surface area contributed by atoms with Crippen LogP contribution in [0.1, 0.15) is 171 Å². The van der Waals surface area contributed by atoms with Gasteiger partial charge in [-0.05, 0) is 88.5 Å². The number of hydrogen-bond donors (Lipinski definition) is 13. The second-order valence-corrected chi connectivity index (χ2v) is 31.9. The number of aliphatic hydroxyl groups excluding tert-OH is 2. The Morgan fingerprint density at radius 1 is 0.312 bits per heavy atom. The lowest BCUT2D eigenvalue weighted by molar-refractivity contribution is 0.123. The van der Waals surface area contributed by atoms with Crippen LogP contribution in [0.4, 0.5) is 47.6 Å². The Kier molecular flexibility index (Phi) is 116. The smallest absolute Gasteiger partial charge is 0.400 e. The van der Waals surface area contributed by atoms with Crippen molar-refractivity contribution >= 4 is 103 Å². The minimum atomic E-state index is -2.99. The van der Waals surface area contributed by atoms with E-state index < -0.39 is 43.5 Å². The number of nitrogen functional groups attached to an aromatic ring is 6. The average Bonchev–Trinajstić information content (AvgIpc) is 1.05. The van der Waals surface area contributed by atoms with E-state index in [1.807, 2.05) is 152 Å². The van der Waals surface area contributed by atoms with Gasteiger partial charge in [0.1, 0.15) is 0 Å². The van der Waals surface area contributed by atoms with Gasteiger partial charge in [0.2, 0.25) is 52.9 Å². The molecule has 22 N–H and O–H groups in total. The first kappa shape index (κ1) is 122. The maximum Gasteiger partial charge on any atom is 0.500 e. The summed E-state index contributed by atoms with van der Waals surface area (Å²) < 4.78 is 62.1. The van der Waals surface area contributed by atoms with Crippen molar-refractivity contribution in [3.05, 3.63) is 5.28 Å². The molecular formula is C57H151ClN20O13Si5. The van der Waals surface area contributed by atoms with E-state index in [1.165, 1.54) is 0 Å². The summed E-state index contributed by atoms with van der Waals surface area (Å²) in [7, 11) is 3.68. The molecule has 3 heterocycles. The third kappa shape index (κ3) is 68.7. The van der Waals surface area contributed by atoms with Gasteiger partial charge in [0.05, 0.1) is 0 Å². The van der Waals surface area contributed by atoms with Crippen molar-refractivity contribution in [2.24, 2.45) is 17.2 Å². The molecule has 0 radical (unpaired) electrons. The van der Waals surface area contributed by atoms with E-state index in [4.69, 9.17) is 121 Å². The monoisotopic (exact) mass is 1500 g/mol. The summed E-state index contributed by atoms with van der Waals surface area (Å²) in [5.74, 6) is 0.908. The second kappa shape index (κ2) is 91.2. The fourth-order valence-corrected chi connectivity index (χ4v) is 21.3. The number of aromatic nitrogens is 9. The zero-order valence-corrected chi connectivity index (χ0v) is 72.3. The highest BCUT2D eigenvalue weighted by atomic mass is 35.5. The molecule has 2 atom stereocenters. The molecule has 96 heavy (non-hydrogen) atoms. The van der Waals surface area contributed by atoms with Gasteiger partial charge in [0.15, 0.2) is 0 Å². The number of rotatable bonds is 32. The van der Waals surface area contributed by atoms with Gasteiger partial charge < -0.3 is 121 Å². The van der Waals surface area contributed by atoms with Crippen LogP contribution in [-0.2, 0) is 48.1 Å². The van der Waals surface area contributed by atoms with E-state index in [0.717, 1.165) is 52.0 Å². The lowest BCUT2D eigenvalue weighted by Crippen LogP contribution is -2.54. The van der Waals surface area contributed by atoms with Crippen LogP contribution >= 0.6 is 11.6 Å². The quantitative estimate of drug-likeness (QED) is 0.0204. The highest BCUT2D eigenvalue weighted by Crippen LogP contribution is 2.27. The molecule has 584 valence electrons. The highest BCUT2D eigenvalue weighted by molar-refractivity contribution is 6.78. The van der Waals surface area contributed by atoms with Crippen molar-refractivity contribution in [1.29, 1.82) is 0 Å². The zero-order chi connectivity index (χ0) is 78.9. The molecule has 0 saturated carbocycles. The first-order valence-corrected chi connectivity index (χ1v) is 44.6. The molecule has 0 aliphatic carbocycles. The summed E-state index contributed by atoms with van der Waals surface area (Å²) in [6, 6.07) is 3.56. The Balaban J connectivity index is -0.0000000854. The molecule has 0 bridgehead atoms. The molecule has 2 unspecified atom stereocenters. The zero-order valence-electron chi connectivity index (χ0n) is 66.6. The average molecular weight is 1500 g/mol. The molecule has 0 aliphatic heterocycles. The van der Waals surface area contributed by atoms with Gasteiger partial charge in [-0.25, -0.2) is 0 Å². The van der Waals surface area contributed by atoms with Gasteiger partial charge in [-0.1, -0.05) is 138 Å². The normalized spacial score (nSPS) is 10.7. The van der Waals surface area contributed by atoms with Crippen LogP contribution < -0.4 is 62.2 Å². The molecule has 3 rings (SSSR count). The summed E-state index contributed by atoms with van der Waals surface area (Å²) in [5, 5.41) is 20.1. The van der Waals surface area contributed by atoms with E-state index in [1.54, 1.807) is 64.0 Å². The number of anilines is 8. The summed E-state index contributed by atoms with van der Waals surface area (Å²) >= 11 is 5.33. The molecule has 3 aromatic rings. The Labute approximate surface area is 595 Å². The minimum Gasteiger partial charge on any atom is -0.400 e. The molecule has 3 aromatic heterocycles. The molecule has 0 amide bonds. The predicted octanol–water partition coefficient (Wildman–Crippen LogP) is 9.69. The second-order valence-electron chi connectivity index (χ2n) is 15.2. The van der Waals surface area contributed by atoms with Crippen molar-refractivity contribution in [2.45, 2.75) is 214 Å². The van der Waals surface area contributed by atoms with E-state index in [0.29, 0.717) is 69.2 Å². The first-order valence-electron chi connectivity index (χ1n) is 33.4. The lowest BCUT2D eigenvalue weighted by Gasteiger charge is -2.35. The number of halogens is 1. The maximum absolute atomic E-state index is 7.00. The standard InChI is InChI=1S/C16H34N12O4Si2.C10H28N2O4Si2.C6H17NO3Si.C3H4ClN5.10C2H6.2CH4O/c1-29-33(4,9-5-7-21-15-25-11(17)23-12(18)26-15)32-34(30-2,31-3)10-6-8-22-16-27-13(19)24-14(20)28-16;1-13-17(4,9-5-7-11)16-18(14-2,15-3)10-6-8-12;1-8-11(9-2,10-3)6-4-5-7;4-1-7-2(5)9-3(6)8-1;12*1-2/h5-10H2,1-4H3,(H5,17,18,21,23,25,26)(H5,19,20,22,24,27,28);5-12H2,1-4H3;4-7H2,1-3H3;(H4,5,6,7,8,9);10*1-2H3;2*2H,1H3. The van der Waals surface area contributed by atoms with Crippen LogP contribution in [0.5, 0.6) is 0 Å². The number of aliphatic hydroxyl groups is 2. The molecule has 0 fully saturated rings. The lowest BCUT2D eigenvalue weighted by atomic mass is 10.5. The molecule has 39 heteroatoms. The minimum absolute atomic E-state index is 0.0139. The van der Waals surface area contributed by atoms with Gasteiger partial charge in [-0.3, -0.25) is 0 Å². The van der Waals surface area contributed by atoms with E-state index in [9.17, 15) is 0 Å². The van der Waals surface area contributed by atoms with Crippen molar-refractivity contribution in [2.75, 3.05) is 156 Å². The van der Waals surface area contributed by atoms with Crippen LogP contribution in [0.15, 0.2) is 0 Å². The van der Waals surface area contributed by atoms with Gasteiger partial charge >= 0.3 is 43.5 Å². The van der Waals surface area contributed by atoms with Crippen molar-refractivity contribution in [3.8, 4) is 0 Å². The van der Waals surface area contributed by atoms with E-state index in [-0.39, 0.29) is 41.0 Å². The fraction of sp³-hybridized carbons (Fsp3) is 0.842. The summed E-state index contributed by atoms with van der Waals surface area (Å²) in [5.41, 5.74) is 49.1. The Hall–Kier alpha value is -3.84. The van der Waals surface area contributed by atoms with E-state index in [2.05, 4.69) is 55.5 Å². The van der Waals surface area contributed by atoms with Crippen molar-refractivity contribution in [3.63, 3.8) is 0 Å². The predicted molar refractivity (Wildman–Crippen MR) is 418 cm³/mol. The van der Waals surface area contributed by atoms with Gasteiger partial charge in [-0.2, -0.15) is 44.9 Å². The number of nitrogens with one attached hydrogen (secondary N) is 2. The van der Waals surface area contributed by atoms with Gasteiger partial charge in [-0.15, -0.1) is 0 Å². The summed E-state index contributed by atoms with van der Waals surface area (Å²) in [6.45, 7) is 47.0. The summed E-state index contributed by atoms with van der Waals surface area (Å²) in [4.78, 5) is 33.9. The van der Waals surface area contributed by atoms with Gasteiger partial charge in [0, 0.05) is 109 Å². The first-order chi connectivity index (χ1) is 46.1.